The number of urea groups is 1. The van der Waals surface area contributed by atoms with Crippen molar-refractivity contribution >= 4 is 22.3 Å². The van der Waals surface area contributed by atoms with Gasteiger partial charge in [0.25, 0.3) is 5.91 Å². The smallest absolute Gasteiger partial charge is 0.309 e. The second-order valence-corrected chi connectivity index (χ2v) is 7.20. The number of rotatable bonds is 4. The molecule has 2 unspecified atom stereocenters. The van der Waals surface area contributed by atoms with Crippen molar-refractivity contribution in [3.8, 4) is 0 Å². The first-order chi connectivity index (χ1) is 9.98. The zero-order valence-corrected chi connectivity index (χ0v) is 13.3. The average Bonchev–Trinajstić information content (AvgIpc) is 2.59. The zero-order chi connectivity index (χ0) is 16.7. The predicted octanol–water partition coefficient (Wildman–Crippen LogP) is -0.164. The molecule has 3 amide bonds. The van der Waals surface area contributed by atoms with E-state index in [1.165, 1.54) is 4.90 Å². The van der Waals surface area contributed by atoms with Crippen molar-refractivity contribution in [2.45, 2.75) is 51.3 Å². The molecule has 2 heterocycles. The van der Waals surface area contributed by atoms with Crippen molar-refractivity contribution in [2.24, 2.45) is 0 Å². The van der Waals surface area contributed by atoms with E-state index in [-0.39, 0.29) is 6.54 Å². The van der Waals surface area contributed by atoms with Crippen LogP contribution in [0.4, 0.5) is 4.79 Å². The molecule has 0 aliphatic carbocycles. The van der Waals surface area contributed by atoms with Crippen molar-refractivity contribution in [3.63, 3.8) is 0 Å². The molecule has 0 radical (unpaired) electrons. The fraction of sp³-hybridized carbons (Fsp3) is 0.818. The maximum absolute atomic E-state index is 12.1. The Bertz CT molecular complexity index is 571. The van der Waals surface area contributed by atoms with Crippen molar-refractivity contribution in [3.05, 3.63) is 0 Å². The molecular formula is C11H19N3O7S. The highest BCUT2D eigenvalue weighted by Gasteiger charge is 2.49. The first-order valence-corrected chi connectivity index (χ1v) is 8.09. The largest absolute Gasteiger partial charge is 0.418 e. The van der Waals surface area contributed by atoms with E-state index in [4.69, 9.17) is 9.39 Å². The third kappa shape index (κ3) is 3.85. The van der Waals surface area contributed by atoms with Crippen LogP contribution in [0, 0.1) is 0 Å². The normalized spacial score (nSPS) is 25.5. The van der Waals surface area contributed by atoms with Gasteiger partial charge in [-0.3, -0.25) is 14.2 Å². The number of hydroxylamine groups is 3. The highest BCUT2D eigenvalue weighted by Crippen LogP contribution is 2.30. The van der Waals surface area contributed by atoms with E-state index in [0.29, 0.717) is 17.9 Å². The second-order valence-electron chi connectivity index (χ2n) is 6.19. The zero-order valence-electron chi connectivity index (χ0n) is 12.5. The van der Waals surface area contributed by atoms with Gasteiger partial charge in [-0.25, -0.2) is 10.3 Å². The molecule has 2 bridgehead atoms. The van der Waals surface area contributed by atoms with Crippen LogP contribution in [0.3, 0.4) is 0 Å². The van der Waals surface area contributed by atoms with Gasteiger partial charge in [-0.1, -0.05) is 0 Å². The molecule has 22 heavy (non-hydrogen) atoms. The first-order valence-electron chi connectivity index (χ1n) is 6.72. The lowest BCUT2D eigenvalue weighted by Crippen LogP contribution is -2.51. The Hall–Kier alpha value is -1.43. The SMILES string of the molecule is CC(C)(C)ONC(=O)C1CCC2CN1C(=O)N2OS(=O)(=O)O. The fourth-order valence-electron chi connectivity index (χ4n) is 2.38. The Morgan fingerprint density at radius 1 is 1.36 bits per heavy atom. The van der Waals surface area contributed by atoms with Crippen LogP contribution in [0.2, 0.25) is 0 Å². The van der Waals surface area contributed by atoms with E-state index < -0.39 is 40.0 Å². The molecule has 0 aromatic heterocycles. The summed E-state index contributed by atoms with van der Waals surface area (Å²) in [7, 11) is -4.79. The number of nitrogens with one attached hydrogen (secondary N) is 1. The summed E-state index contributed by atoms with van der Waals surface area (Å²) in [6.45, 7) is 5.41. The van der Waals surface area contributed by atoms with Crippen LogP contribution in [0.1, 0.15) is 33.6 Å². The van der Waals surface area contributed by atoms with Crippen LogP contribution in [0.5, 0.6) is 0 Å². The number of fused-ring (bicyclic) bond motifs is 2. The van der Waals surface area contributed by atoms with E-state index in [1.807, 2.05) is 0 Å². The number of hydrogen-bond acceptors (Lipinski definition) is 6. The molecule has 2 aliphatic heterocycles. The molecule has 2 rings (SSSR count). The number of carbonyl (C=O) groups excluding carboxylic acids is 2. The van der Waals surface area contributed by atoms with Crippen LogP contribution in [0.25, 0.3) is 0 Å². The topological polar surface area (TPSA) is 125 Å². The Kier molecular flexibility index (Phi) is 4.35. The lowest BCUT2D eigenvalue weighted by molar-refractivity contribution is -0.150. The summed E-state index contributed by atoms with van der Waals surface area (Å²) < 4.78 is 34.5. The quantitative estimate of drug-likeness (QED) is 0.539. The molecule has 2 aliphatic rings. The molecule has 0 spiro atoms. The second kappa shape index (κ2) is 5.65. The van der Waals surface area contributed by atoms with Gasteiger partial charge in [-0.2, -0.15) is 13.5 Å². The summed E-state index contributed by atoms with van der Waals surface area (Å²) in [6.07, 6.45) is 0.701. The van der Waals surface area contributed by atoms with E-state index in [2.05, 4.69) is 9.76 Å². The molecule has 126 valence electrons. The van der Waals surface area contributed by atoms with Crippen LogP contribution in [-0.4, -0.2) is 59.1 Å². The summed E-state index contributed by atoms with van der Waals surface area (Å²) in [5, 5.41) is 0.591. The Labute approximate surface area is 128 Å². The molecule has 2 saturated heterocycles. The molecule has 0 aromatic rings. The van der Waals surface area contributed by atoms with Crippen LogP contribution < -0.4 is 5.48 Å². The maximum atomic E-state index is 12.1. The minimum absolute atomic E-state index is 0.141. The molecule has 2 N–H and O–H groups in total. The van der Waals surface area contributed by atoms with Gasteiger partial charge < -0.3 is 4.90 Å². The van der Waals surface area contributed by atoms with Gasteiger partial charge in [0.05, 0.1) is 11.6 Å². The van der Waals surface area contributed by atoms with Gasteiger partial charge in [0.15, 0.2) is 0 Å². The monoisotopic (exact) mass is 337 g/mol. The number of carbonyl (C=O) groups is 2. The van der Waals surface area contributed by atoms with E-state index in [0.717, 1.165) is 0 Å². The van der Waals surface area contributed by atoms with Crippen molar-refractivity contribution < 1.29 is 31.7 Å². The third-order valence-corrected chi connectivity index (χ3v) is 3.61. The van der Waals surface area contributed by atoms with Gasteiger partial charge in [0.1, 0.15) is 6.04 Å². The molecule has 10 nitrogen and oxygen atoms in total. The van der Waals surface area contributed by atoms with Gasteiger partial charge >= 0.3 is 16.4 Å². The molecule has 0 aromatic carbocycles. The number of hydrogen-bond donors (Lipinski definition) is 2. The number of amides is 3. The summed E-state index contributed by atoms with van der Waals surface area (Å²) in [5.41, 5.74) is 1.72. The van der Waals surface area contributed by atoms with Gasteiger partial charge in [0.2, 0.25) is 0 Å². The Morgan fingerprint density at radius 3 is 2.55 bits per heavy atom. The minimum atomic E-state index is -4.79. The maximum Gasteiger partial charge on any atom is 0.418 e. The van der Waals surface area contributed by atoms with Crippen molar-refractivity contribution in [1.29, 1.82) is 0 Å². The highest BCUT2D eigenvalue weighted by atomic mass is 32.3. The lowest BCUT2D eigenvalue weighted by atomic mass is 10.0. The van der Waals surface area contributed by atoms with Crippen LogP contribution >= 0.6 is 0 Å². The van der Waals surface area contributed by atoms with Crippen LogP contribution in [0.15, 0.2) is 0 Å². The summed E-state index contributed by atoms with van der Waals surface area (Å²) >= 11 is 0. The minimum Gasteiger partial charge on any atom is -0.309 e. The van der Waals surface area contributed by atoms with E-state index in [9.17, 15) is 18.0 Å². The molecule has 0 saturated carbocycles. The third-order valence-electron chi connectivity index (χ3n) is 3.26. The molecule has 11 heteroatoms. The van der Waals surface area contributed by atoms with Crippen molar-refractivity contribution in [2.75, 3.05) is 6.54 Å². The van der Waals surface area contributed by atoms with Gasteiger partial charge in [0, 0.05) is 6.54 Å². The molecule has 2 fully saturated rings. The number of piperidine rings is 1. The Morgan fingerprint density at radius 2 is 2.00 bits per heavy atom. The van der Waals surface area contributed by atoms with Gasteiger partial charge in [-0.15, -0.1) is 4.28 Å². The highest BCUT2D eigenvalue weighted by molar-refractivity contribution is 7.80. The summed E-state index contributed by atoms with van der Waals surface area (Å²) in [5.74, 6) is -0.490. The van der Waals surface area contributed by atoms with Crippen molar-refractivity contribution in [1.82, 2.24) is 15.4 Å². The van der Waals surface area contributed by atoms with Gasteiger partial charge in [-0.05, 0) is 33.6 Å². The Balaban J connectivity index is 2.04. The fourth-order valence-corrected chi connectivity index (χ4v) is 2.76. The summed E-state index contributed by atoms with van der Waals surface area (Å²) in [4.78, 5) is 30.6. The lowest BCUT2D eigenvalue weighted by Gasteiger charge is -2.30. The molecular weight excluding hydrogens is 318 g/mol. The average molecular weight is 337 g/mol. The summed E-state index contributed by atoms with van der Waals surface area (Å²) in [6, 6.07) is -2.08. The van der Waals surface area contributed by atoms with E-state index >= 15 is 0 Å². The van der Waals surface area contributed by atoms with E-state index in [1.54, 1.807) is 20.8 Å². The first kappa shape index (κ1) is 16.9. The van der Waals surface area contributed by atoms with Crippen LogP contribution in [-0.2, 0) is 24.3 Å². The molecule has 2 atom stereocenters. The predicted molar refractivity (Wildman–Crippen MR) is 72.4 cm³/mol. The standard InChI is InChI=1S/C11H19N3O7S/c1-11(2,3)20-12-9(15)8-5-4-7-6-13(8)10(16)14(7)21-22(17,18)19/h7-8H,4-6H2,1-3H3,(H,12,15)(H,17,18,19). The number of nitrogens with zero attached hydrogens (tertiary/aromatic N) is 2.